The van der Waals surface area contributed by atoms with Crippen molar-refractivity contribution in [2.45, 2.75) is 25.1 Å². The second-order valence-electron chi connectivity index (χ2n) is 4.81. The molecule has 0 aliphatic heterocycles. The van der Waals surface area contributed by atoms with Gasteiger partial charge >= 0.3 is 13.1 Å². The number of hydrogen-bond acceptors (Lipinski definition) is 7. The maximum atomic E-state index is 12.0. The molecule has 0 aliphatic carbocycles. The van der Waals surface area contributed by atoms with Crippen LogP contribution >= 0.6 is 22.7 Å². The third-order valence-electron chi connectivity index (χ3n) is 3.07. The fourth-order valence-corrected chi connectivity index (χ4v) is 3.58. The van der Waals surface area contributed by atoms with E-state index in [0.717, 1.165) is 16.2 Å². The number of carboxylic acids is 1. The normalized spacial score (nSPS) is 12.1. The molecule has 9 heteroatoms. The number of Topliss-reactive ketones (excluding diaryl/α,β-unsaturated/α-hetero) is 1. The maximum absolute atomic E-state index is 12.0. The monoisotopic (exact) mass is 339 g/mol. The number of nitrogens with zero attached hydrogens (tertiary/aromatic N) is 1. The number of aromatic carboxylic acids is 1. The Labute approximate surface area is 135 Å². The van der Waals surface area contributed by atoms with Crippen LogP contribution in [-0.4, -0.2) is 39.0 Å². The van der Waals surface area contributed by atoms with E-state index in [0.29, 0.717) is 5.01 Å². The highest BCUT2D eigenvalue weighted by Gasteiger charge is 2.27. The molecule has 3 N–H and O–H groups in total. The number of rotatable bonds is 8. The summed E-state index contributed by atoms with van der Waals surface area (Å²) in [6.07, 6.45) is 0.433. The number of carbonyl (C=O) groups is 2. The Morgan fingerprint density at radius 1 is 1.32 bits per heavy atom. The molecular weight excluding hydrogens is 325 g/mol. The van der Waals surface area contributed by atoms with Crippen molar-refractivity contribution in [3.05, 3.63) is 38.5 Å². The molecule has 0 spiro atoms. The van der Waals surface area contributed by atoms with Crippen LogP contribution in [0.4, 0.5) is 0 Å². The van der Waals surface area contributed by atoms with Crippen LogP contribution in [0.25, 0.3) is 0 Å². The zero-order chi connectivity index (χ0) is 16.1. The second kappa shape index (κ2) is 7.64. The van der Waals surface area contributed by atoms with Crippen molar-refractivity contribution < 1.29 is 24.7 Å². The van der Waals surface area contributed by atoms with Gasteiger partial charge in [0.25, 0.3) is 0 Å². The topological polar surface area (TPSA) is 108 Å². The number of thiazole rings is 1. The van der Waals surface area contributed by atoms with Crippen molar-refractivity contribution in [3.63, 3.8) is 0 Å². The van der Waals surface area contributed by atoms with Gasteiger partial charge in [-0.15, -0.1) is 22.7 Å². The minimum atomic E-state index is -1.65. The number of thiophene rings is 1. The Morgan fingerprint density at radius 3 is 2.64 bits per heavy atom. The van der Waals surface area contributed by atoms with Gasteiger partial charge in [-0.1, -0.05) is 6.07 Å². The van der Waals surface area contributed by atoms with Gasteiger partial charge in [-0.2, -0.15) is 0 Å². The molecule has 0 aromatic carbocycles. The highest BCUT2D eigenvalue weighted by Crippen LogP contribution is 2.24. The van der Waals surface area contributed by atoms with Crippen LogP contribution in [0.15, 0.2) is 22.9 Å². The van der Waals surface area contributed by atoms with Crippen LogP contribution in [0.2, 0.25) is 5.82 Å². The maximum Gasteiger partial charge on any atom is 0.455 e. The first-order valence-electron chi connectivity index (χ1n) is 6.53. The molecule has 2 rings (SSSR count). The number of ketones is 1. The van der Waals surface area contributed by atoms with Gasteiger partial charge in [0.1, 0.15) is 5.78 Å². The van der Waals surface area contributed by atoms with Crippen LogP contribution in [0.5, 0.6) is 0 Å². The molecule has 0 unspecified atom stereocenters. The first-order valence-corrected chi connectivity index (χ1v) is 8.29. The number of aromatic nitrogens is 1. The molecule has 0 fully saturated rings. The van der Waals surface area contributed by atoms with E-state index in [9.17, 15) is 19.6 Å². The van der Waals surface area contributed by atoms with Gasteiger partial charge in [0, 0.05) is 35.3 Å². The van der Waals surface area contributed by atoms with Gasteiger partial charge in [0.2, 0.25) is 0 Å². The average molecular weight is 339 g/mol. The third-order valence-corrected chi connectivity index (χ3v) is 4.82. The van der Waals surface area contributed by atoms with Crippen LogP contribution in [0, 0.1) is 0 Å². The molecule has 0 saturated carbocycles. The van der Waals surface area contributed by atoms with E-state index in [2.05, 4.69) is 4.98 Å². The molecule has 2 aromatic heterocycles. The molecule has 116 valence electrons. The lowest BCUT2D eigenvalue weighted by Gasteiger charge is -2.13. The van der Waals surface area contributed by atoms with Crippen LogP contribution in [-0.2, 0) is 17.6 Å². The summed E-state index contributed by atoms with van der Waals surface area (Å²) in [7, 11) is -1.65. The Kier molecular flexibility index (Phi) is 5.84. The predicted octanol–water partition coefficient (Wildman–Crippen LogP) is 1.49. The summed E-state index contributed by atoms with van der Waals surface area (Å²) in [5.74, 6) is -1.91. The van der Waals surface area contributed by atoms with Gasteiger partial charge in [0.15, 0.2) is 5.69 Å². The first kappa shape index (κ1) is 16.8. The molecular formula is C13H14BNO5S2. The molecule has 0 radical (unpaired) electrons. The summed E-state index contributed by atoms with van der Waals surface area (Å²) in [6.45, 7) is 0. The Morgan fingerprint density at radius 2 is 2.09 bits per heavy atom. The van der Waals surface area contributed by atoms with Crippen molar-refractivity contribution in [1.82, 2.24) is 4.98 Å². The average Bonchev–Trinajstić information content (AvgIpc) is 3.09. The van der Waals surface area contributed by atoms with Crippen molar-refractivity contribution in [2.24, 2.45) is 0 Å². The summed E-state index contributed by atoms with van der Waals surface area (Å²) in [5.41, 5.74) is -0.0731. The van der Waals surface area contributed by atoms with E-state index in [4.69, 9.17) is 5.11 Å². The van der Waals surface area contributed by atoms with E-state index < -0.39 is 18.9 Å². The van der Waals surface area contributed by atoms with E-state index in [1.54, 1.807) is 0 Å². The quantitative estimate of drug-likeness (QED) is 0.629. The molecule has 0 amide bonds. The summed E-state index contributed by atoms with van der Waals surface area (Å²) < 4.78 is 0. The van der Waals surface area contributed by atoms with Crippen molar-refractivity contribution >= 4 is 41.5 Å². The molecule has 22 heavy (non-hydrogen) atoms. The fraction of sp³-hybridized carbons (Fsp3) is 0.308. The molecule has 1 atom stereocenters. The number of carbonyl (C=O) groups excluding carboxylic acids is 1. The lowest BCUT2D eigenvalue weighted by atomic mass is 9.68. The predicted molar refractivity (Wildman–Crippen MR) is 84.4 cm³/mol. The lowest BCUT2D eigenvalue weighted by Crippen LogP contribution is -2.25. The molecule has 0 saturated heterocycles. The van der Waals surface area contributed by atoms with Gasteiger partial charge in [-0.3, -0.25) is 4.79 Å². The van der Waals surface area contributed by atoms with E-state index in [1.807, 2.05) is 17.5 Å². The SMILES string of the molecule is O=C(Cc1cccs1)C[C@H](Cc1nc(C(=O)O)cs1)B(O)O. The smallest absolute Gasteiger partial charge is 0.455 e. The number of carboxylic acid groups (broad SMARTS) is 1. The zero-order valence-corrected chi connectivity index (χ0v) is 13.1. The standard InChI is InChI=1S/C13H14BNO5S2/c16-9(6-10-2-1-3-21-10)4-8(14(19)20)5-12-15-11(7-22-12)13(17)18/h1-3,7-8,19-20H,4-6H2,(H,17,18)/t8-/m1/s1. The van der Waals surface area contributed by atoms with Crippen molar-refractivity contribution in [2.75, 3.05) is 0 Å². The molecule has 0 aliphatic rings. The minimum absolute atomic E-state index is 0.0115. The summed E-state index contributed by atoms with van der Waals surface area (Å²) in [4.78, 5) is 27.6. The molecule has 0 bridgehead atoms. The van der Waals surface area contributed by atoms with Gasteiger partial charge in [-0.05, 0) is 11.4 Å². The van der Waals surface area contributed by atoms with Gasteiger partial charge in [0.05, 0.1) is 5.01 Å². The number of hydrogen-bond donors (Lipinski definition) is 3. The van der Waals surface area contributed by atoms with Gasteiger partial charge in [-0.25, -0.2) is 9.78 Å². The van der Waals surface area contributed by atoms with E-state index >= 15 is 0 Å². The van der Waals surface area contributed by atoms with Crippen LogP contribution in [0.1, 0.15) is 26.8 Å². The Hall–Kier alpha value is -1.55. The van der Waals surface area contributed by atoms with Gasteiger partial charge < -0.3 is 15.2 Å². The molecule has 6 nitrogen and oxygen atoms in total. The molecule has 2 aromatic rings. The third kappa shape index (κ3) is 4.74. The van der Waals surface area contributed by atoms with Crippen LogP contribution < -0.4 is 0 Å². The molecule has 2 heterocycles. The van der Waals surface area contributed by atoms with Crippen molar-refractivity contribution in [1.29, 1.82) is 0 Å². The second-order valence-corrected chi connectivity index (χ2v) is 6.78. The minimum Gasteiger partial charge on any atom is -0.476 e. The highest BCUT2D eigenvalue weighted by atomic mass is 32.1. The summed E-state index contributed by atoms with van der Waals surface area (Å²) in [6, 6.07) is 3.71. The van der Waals surface area contributed by atoms with Crippen molar-refractivity contribution in [3.8, 4) is 0 Å². The fourth-order valence-electron chi connectivity index (χ4n) is 1.98. The summed E-state index contributed by atoms with van der Waals surface area (Å²) in [5, 5.41) is 31.4. The Bertz CT molecular complexity index is 641. The van der Waals surface area contributed by atoms with Crippen LogP contribution in [0.3, 0.4) is 0 Å². The van der Waals surface area contributed by atoms with E-state index in [-0.39, 0.29) is 30.7 Å². The summed E-state index contributed by atoms with van der Waals surface area (Å²) >= 11 is 2.61. The van der Waals surface area contributed by atoms with E-state index in [1.165, 1.54) is 16.7 Å². The Balaban J connectivity index is 1.97. The lowest BCUT2D eigenvalue weighted by molar-refractivity contribution is -0.118. The zero-order valence-electron chi connectivity index (χ0n) is 11.5. The first-order chi connectivity index (χ1) is 10.5. The largest absolute Gasteiger partial charge is 0.476 e. The highest BCUT2D eigenvalue weighted by molar-refractivity contribution is 7.10.